The molecule has 118 valence electrons. The number of nitro groups is 1. The second-order valence-corrected chi connectivity index (χ2v) is 6.96. The Bertz CT molecular complexity index is 494. The molecule has 0 aliphatic carbocycles. The summed E-state index contributed by atoms with van der Waals surface area (Å²) in [7, 11) is 4.09. The predicted molar refractivity (Wildman–Crippen MR) is 91.0 cm³/mol. The largest absolute Gasteiger partial charge is 0.380 e. The van der Waals surface area contributed by atoms with Crippen LogP contribution in [0.5, 0.6) is 0 Å². The second kappa shape index (κ2) is 7.75. The molecule has 1 aromatic carbocycles. The fourth-order valence-electron chi connectivity index (χ4n) is 2.39. The topological polar surface area (TPSA) is 58.4 Å². The van der Waals surface area contributed by atoms with Crippen LogP contribution in [-0.2, 0) is 0 Å². The summed E-state index contributed by atoms with van der Waals surface area (Å²) in [5.74, 6) is 0.584. The minimum Gasteiger partial charge on any atom is -0.380 e. The van der Waals surface area contributed by atoms with E-state index in [1.165, 1.54) is 0 Å². The third kappa shape index (κ3) is 5.63. The van der Waals surface area contributed by atoms with Crippen LogP contribution in [0, 0.1) is 23.0 Å². The number of benzene rings is 1. The van der Waals surface area contributed by atoms with Crippen LogP contribution in [0.25, 0.3) is 0 Å². The minimum absolute atomic E-state index is 0.139. The Kier molecular flexibility index (Phi) is 6.61. The molecule has 0 saturated carbocycles. The summed E-state index contributed by atoms with van der Waals surface area (Å²) in [6.07, 6.45) is 1.04. The third-order valence-electron chi connectivity index (χ3n) is 3.18. The number of nitrogens with one attached hydrogen (secondary N) is 1. The van der Waals surface area contributed by atoms with Gasteiger partial charge in [-0.25, -0.2) is 0 Å². The van der Waals surface area contributed by atoms with Crippen molar-refractivity contribution in [2.24, 2.45) is 5.92 Å². The first-order valence-electron chi connectivity index (χ1n) is 7.06. The van der Waals surface area contributed by atoms with Crippen LogP contribution < -0.4 is 5.32 Å². The molecule has 6 heteroatoms. The molecule has 0 aliphatic rings. The molecule has 0 aromatic heterocycles. The first-order chi connectivity index (χ1) is 9.70. The molecule has 0 bridgehead atoms. The van der Waals surface area contributed by atoms with Gasteiger partial charge in [0.1, 0.15) is 0 Å². The number of rotatable bonds is 7. The van der Waals surface area contributed by atoms with Gasteiger partial charge in [0.25, 0.3) is 5.69 Å². The Morgan fingerprint density at radius 3 is 2.48 bits per heavy atom. The van der Waals surface area contributed by atoms with Gasteiger partial charge in [-0.3, -0.25) is 10.1 Å². The molecule has 0 spiro atoms. The fraction of sp³-hybridized carbons (Fsp3) is 0.600. The first kappa shape index (κ1) is 17.9. The van der Waals surface area contributed by atoms with E-state index in [1.54, 1.807) is 13.0 Å². The average Bonchev–Trinajstić information content (AvgIpc) is 2.31. The van der Waals surface area contributed by atoms with Gasteiger partial charge < -0.3 is 10.2 Å². The number of halogens is 1. The molecular weight excluding hydrogens is 334 g/mol. The van der Waals surface area contributed by atoms with E-state index in [0.29, 0.717) is 17.5 Å². The summed E-state index contributed by atoms with van der Waals surface area (Å²) in [4.78, 5) is 12.7. The maximum atomic E-state index is 11.0. The smallest absolute Gasteiger partial charge is 0.273 e. The van der Waals surface area contributed by atoms with Crippen LogP contribution >= 0.6 is 15.9 Å². The molecule has 0 saturated heterocycles. The van der Waals surface area contributed by atoms with E-state index in [1.807, 2.05) is 20.2 Å². The molecule has 0 radical (unpaired) electrons. The summed E-state index contributed by atoms with van der Waals surface area (Å²) >= 11 is 3.43. The van der Waals surface area contributed by atoms with E-state index in [0.717, 1.165) is 23.1 Å². The second-order valence-electron chi connectivity index (χ2n) is 6.11. The number of nitro benzene ring substituents is 1. The Morgan fingerprint density at radius 1 is 1.38 bits per heavy atom. The molecule has 1 atom stereocenters. The fourth-order valence-corrected chi connectivity index (χ4v) is 2.83. The van der Waals surface area contributed by atoms with Gasteiger partial charge in [-0.15, -0.1) is 0 Å². The molecule has 0 aliphatic heterocycles. The lowest BCUT2D eigenvalue weighted by atomic mass is 10.0. The number of hydrogen-bond acceptors (Lipinski definition) is 4. The van der Waals surface area contributed by atoms with E-state index in [2.05, 4.69) is 40.0 Å². The number of nitrogens with zero attached hydrogens (tertiary/aromatic N) is 2. The number of aryl methyl sites for hydroxylation is 1. The quantitative estimate of drug-likeness (QED) is 0.590. The van der Waals surface area contributed by atoms with Gasteiger partial charge in [0.05, 0.1) is 4.92 Å². The summed E-state index contributed by atoms with van der Waals surface area (Å²) < 4.78 is 0.729. The molecule has 1 N–H and O–H groups in total. The van der Waals surface area contributed by atoms with E-state index in [4.69, 9.17) is 0 Å². The zero-order valence-corrected chi connectivity index (χ0v) is 14.9. The van der Waals surface area contributed by atoms with Crippen LogP contribution in [0.2, 0.25) is 0 Å². The van der Waals surface area contributed by atoms with Gasteiger partial charge in [0.2, 0.25) is 0 Å². The van der Waals surface area contributed by atoms with Crippen LogP contribution in [0.4, 0.5) is 11.4 Å². The summed E-state index contributed by atoms with van der Waals surface area (Å²) in [6.45, 7) is 7.07. The van der Waals surface area contributed by atoms with Crippen molar-refractivity contribution in [3.8, 4) is 0 Å². The van der Waals surface area contributed by atoms with Gasteiger partial charge >= 0.3 is 0 Å². The lowest BCUT2D eigenvalue weighted by Gasteiger charge is -2.25. The summed E-state index contributed by atoms with van der Waals surface area (Å²) in [6, 6.07) is 3.71. The first-order valence-corrected chi connectivity index (χ1v) is 7.85. The van der Waals surface area contributed by atoms with Crippen molar-refractivity contribution in [3.63, 3.8) is 0 Å². The monoisotopic (exact) mass is 357 g/mol. The Hall–Kier alpha value is -1.14. The van der Waals surface area contributed by atoms with Crippen LogP contribution in [0.3, 0.4) is 0 Å². The maximum Gasteiger partial charge on any atom is 0.273 e. The molecular formula is C15H24BrN3O2. The SMILES string of the molecule is Cc1cc(NC(CC(C)C)CN(C)C)c(Br)cc1[N+](=O)[O-]. The lowest BCUT2D eigenvalue weighted by molar-refractivity contribution is -0.385. The Balaban J connectivity index is 2.98. The molecule has 5 nitrogen and oxygen atoms in total. The number of hydrogen-bond donors (Lipinski definition) is 1. The van der Waals surface area contributed by atoms with Crippen molar-refractivity contribution in [2.75, 3.05) is 26.0 Å². The van der Waals surface area contributed by atoms with Crippen LogP contribution in [0.15, 0.2) is 16.6 Å². The standard InChI is InChI=1S/C15H24BrN3O2/c1-10(2)6-12(9-18(4)5)17-14-7-11(3)15(19(20)21)8-13(14)16/h7-8,10,12,17H,6,9H2,1-5H3. The molecule has 21 heavy (non-hydrogen) atoms. The van der Waals surface area contributed by atoms with E-state index < -0.39 is 0 Å². The Morgan fingerprint density at radius 2 is 2.00 bits per heavy atom. The van der Waals surface area contributed by atoms with Crippen molar-refractivity contribution in [3.05, 3.63) is 32.3 Å². The van der Waals surface area contributed by atoms with E-state index >= 15 is 0 Å². The zero-order chi connectivity index (χ0) is 16.2. The van der Waals surface area contributed by atoms with Crippen LogP contribution in [-0.4, -0.2) is 36.5 Å². The molecule has 0 fully saturated rings. The number of anilines is 1. The predicted octanol–water partition coefficient (Wildman–Crippen LogP) is 4.05. The van der Waals surface area contributed by atoms with Gasteiger partial charge in [0.15, 0.2) is 0 Å². The van der Waals surface area contributed by atoms with Crippen LogP contribution in [0.1, 0.15) is 25.8 Å². The normalized spacial score (nSPS) is 12.8. The maximum absolute atomic E-state index is 11.0. The van der Waals surface area contributed by atoms with Gasteiger partial charge in [-0.2, -0.15) is 0 Å². The van der Waals surface area contributed by atoms with Gasteiger partial charge in [-0.1, -0.05) is 13.8 Å². The number of likely N-dealkylation sites (N-methyl/N-ethyl adjacent to an activating group) is 1. The van der Waals surface area contributed by atoms with Crippen molar-refractivity contribution < 1.29 is 4.92 Å². The zero-order valence-electron chi connectivity index (χ0n) is 13.3. The third-order valence-corrected chi connectivity index (χ3v) is 3.84. The van der Waals surface area contributed by atoms with E-state index in [-0.39, 0.29) is 10.6 Å². The molecule has 1 unspecified atom stereocenters. The molecule has 1 rings (SSSR count). The van der Waals surface area contributed by atoms with Crippen molar-refractivity contribution >= 4 is 27.3 Å². The lowest BCUT2D eigenvalue weighted by Crippen LogP contribution is -2.33. The highest BCUT2D eigenvalue weighted by Crippen LogP contribution is 2.31. The highest BCUT2D eigenvalue weighted by molar-refractivity contribution is 9.10. The molecule has 1 aromatic rings. The summed E-state index contributed by atoms with van der Waals surface area (Å²) in [5, 5.41) is 14.5. The van der Waals surface area contributed by atoms with E-state index in [9.17, 15) is 10.1 Å². The highest BCUT2D eigenvalue weighted by Gasteiger charge is 2.17. The van der Waals surface area contributed by atoms with Gasteiger partial charge in [0, 0.05) is 34.4 Å². The molecule has 0 heterocycles. The van der Waals surface area contributed by atoms with Crippen molar-refractivity contribution in [2.45, 2.75) is 33.2 Å². The Labute approximate surface area is 135 Å². The van der Waals surface area contributed by atoms with Crippen molar-refractivity contribution in [1.82, 2.24) is 4.90 Å². The molecule has 0 amide bonds. The highest BCUT2D eigenvalue weighted by atomic mass is 79.9. The van der Waals surface area contributed by atoms with Crippen molar-refractivity contribution in [1.29, 1.82) is 0 Å². The summed E-state index contributed by atoms with van der Waals surface area (Å²) in [5.41, 5.74) is 1.71. The minimum atomic E-state index is -0.352. The van der Waals surface area contributed by atoms with Gasteiger partial charge in [-0.05, 0) is 55.4 Å². The average molecular weight is 358 g/mol.